The molecule has 0 saturated carbocycles. The van der Waals surface area contributed by atoms with Gasteiger partial charge < -0.3 is 9.64 Å². The van der Waals surface area contributed by atoms with Crippen LogP contribution >= 0.6 is 0 Å². The summed E-state index contributed by atoms with van der Waals surface area (Å²) in [6.45, 7) is 5.28. The van der Waals surface area contributed by atoms with E-state index in [1.807, 2.05) is 13.8 Å². The second-order valence-corrected chi connectivity index (χ2v) is 4.97. The van der Waals surface area contributed by atoms with Crippen LogP contribution in [0.25, 0.3) is 0 Å². The standard InChI is InChI=1S/C12H22N2O3/c1-8-6-14(7-10(8)12(16)17-5)9(2)11(15)13(3)4/h8-10H,6-7H2,1-5H3. The monoisotopic (exact) mass is 242 g/mol. The molecule has 0 aromatic heterocycles. The lowest BCUT2D eigenvalue weighted by atomic mass is 9.99. The van der Waals surface area contributed by atoms with E-state index in [2.05, 4.69) is 4.90 Å². The number of hydrogen-bond acceptors (Lipinski definition) is 4. The third kappa shape index (κ3) is 2.97. The van der Waals surface area contributed by atoms with Gasteiger partial charge in [0, 0.05) is 27.2 Å². The molecule has 0 spiro atoms. The van der Waals surface area contributed by atoms with Crippen LogP contribution in [0, 0.1) is 11.8 Å². The summed E-state index contributed by atoms with van der Waals surface area (Å²) in [4.78, 5) is 27.0. The Morgan fingerprint density at radius 1 is 1.35 bits per heavy atom. The van der Waals surface area contributed by atoms with Crippen molar-refractivity contribution < 1.29 is 14.3 Å². The molecule has 0 aromatic rings. The summed E-state index contributed by atoms with van der Waals surface area (Å²) in [6, 6.07) is -0.179. The van der Waals surface area contributed by atoms with Crippen molar-refractivity contribution in [1.29, 1.82) is 0 Å². The van der Waals surface area contributed by atoms with Gasteiger partial charge in [-0.05, 0) is 12.8 Å². The molecule has 0 aromatic carbocycles. The highest BCUT2D eigenvalue weighted by Crippen LogP contribution is 2.25. The number of amides is 1. The first-order chi connectivity index (χ1) is 7.88. The Bertz CT molecular complexity index is 304. The normalized spacial score (nSPS) is 26.6. The molecular formula is C12H22N2O3. The molecule has 5 nitrogen and oxygen atoms in total. The summed E-state index contributed by atoms with van der Waals surface area (Å²) in [6.07, 6.45) is 0. The van der Waals surface area contributed by atoms with Gasteiger partial charge in [-0.2, -0.15) is 0 Å². The Morgan fingerprint density at radius 3 is 2.41 bits per heavy atom. The molecule has 0 N–H and O–H groups in total. The van der Waals surface area contributed by atoms with Crippen LogP contribution < -0.4 is 0 Å². The third-order valence-corrected chi connectivity index (χ3v) is 3.49. The number of esters is 1. The van der Waals surface area contributed by atoms with Crippen molar-refractivity contribution >= 4 is 11.9 Å². The van der Waals surface area contributed by atoms with Gasteiger partial charge in [0.1, 0.15) is 0 Å². The average molecular weight is 242 g/mol. The zero-order valence-corrected chi connectivity index (χ0v) is 11.3. The van der Waals surface area contributed by atoms with Gasteiger partial charge in [-0.1, -0.05) is 6.92 Å². The zero-order chi connectivity index (χ0) is 13.2. The van der Waals surface area contributed by atoms with Crippen LogP contribution in [-0.4, -0.2) is 62.0 Å². The molecule has 3 atom stereocenters. The van der Waals surface area contributed by atoms with E-state index in [-0.39, 0.29) is 29.8 Å². The van der Waals surface area contributed by atoms with Gasteiger partial charge in [0.2, 0.25) is 5.91 Å². The summed E-state index contributed by atoms with van der Waals surface area (Å²) in [7, 11) is 4.90. The molecular weight excluding hydrogens is 220 g/mol. The lowest BCUT2D eigenvalue weighted by Crippen LogP contribution is -2.43. The predicted octanol–water partition coefficient (Wildman–Crippen LogP) is 0.204. The Hall–Kier alpha value is -1.10. The first kappa shape index (κ1) is 14.0. The highest BCUT2D eigenvalue weighted by Gasteiger charge is 2.39. The summed E-state index contributed by atoms with van der Waals surface area (Å²) in [5, 5.41) is 0. The van der Waals surface area contributed by atoms with E-state index >= 15 is 0 Å². The fraction of sp³-hybridized carbons (Fsp3) is 0.833. The first-order valence-electron chi connectivity index (χ1n) is 5.91. The Labute approximate surface area is 103 Å². The quantitative estimate of drug-likeness (QED) is 0.664. The van der Waals surface area contributed by atoms with Gasteiger partial charge in [-0.15, -0.1) is 0 Å². The van der Waals surface area contributed by atoms with E-state index in [4.69, 9.17) is 4.74 Å². The van der Waals surface area contributed by atoms with Crippen LogP contribution in [0.1, 0.15) is 13.8 Å². The Balaban J connectivity index is 2.65. The van der Waals surface area contributed by atoms with E-state index in [0.717, 1.165) is 6.54 Å². The molecule has 1 rings (SSSR count). The number of nitrogens with zero attached hydrogens (tertiary/aromatic N) is 2. The number of hydrogen-bond donors (Lipinski definition) is 0. The van der Waals surface area contributed by atoms with Crippen molar-refractivity contribution in [2.45, 2.75) is 19.9 Å². The highest BCUT2D eigenvalue weighted by atomic mass is 16.5. The minimum Gasteiger partial charge on any atom is -0.469 e. The van der Waals surface area contributed by atoms with Crippen LogP contribution in [0.2, 0.25) is 0 Å². The second-order valence-electron chi connectivity index (χ2n) is 4.97. The van der Waals surface area contributed by atoms with Crippen LogP contribution in [0.3, 0.4) is 0 Å². The van der Waals surface area contributed by atoms with Crippen molar-refractivity contribution in [3.05, 3.63) is 0 Å². The lowest BCUT2D eigenvalue weighted by Gasteiger charge is -2.25. The van der Waals surface area contributed by atoms with E-state index in [0.29, 0.717) is 6.54 Å². The van der Waals surface area contributed by atoms with Gasteiger partial charge >= 0.3 is 5.97 Å². The number of ether oxygens (including phenoxy) is 1. The van der Waals surface area contributed by atoms with E-state index < -0.39 is 0 Å². The van der Waals surface area contributed by atoms with E-state index in [1.165, 1.54) is 7.11 Å². The van der Waals surface area contributed by atoms with Gasteiger partial charge in [-0.3, -0.25) is 14.5 Å². The Morgan fingerprint density at radius 2 is 1.94 bits per heavy atom. The molecule has 98 valence electrons. The molecule has 1 fully saturated rings. The number of methoxy groups -OCH3 is 1. The molecule has 0 radical (unpaired) electrons. The maximum absolute atomic E-state index is 11.9. The highest BCUT2D eigenvalue weighted by molar-refractivity contribution is 5.81. The fourth-order valence-corrected chi connectivity index (χ4v) is 2.31. The first-order valence-corrected chi connectivity index (χ1v) is 5.91. The number of carbonyl (C=O) groups excluding carboxylic acids is 2. The molecule has 1 aliphatic heterocycles. The number of likely N-dealkylation sites (N-methyl/N-ethyl adjacent to an activating group) is 1. The molecule has 1 heterocycles. The minimum atomic E-state index is -0.179. The van der Waals surface area contributed by atoms with Gasteiger partial charge in [0.15, 0.2) is 0 Å². The SMILES string of the molecule is COC(=O)C1CN(C(C)C(=O)N(C)C)CC1C. The third-order valence-electron chi connectivity index (χ3n) is 3.49. The molecule has 1 amide bonds. The summed E-state index contributed by atoms with van der Waals surface area (Å²) < 4.78 is 4.78. The smallest absolute Gasteiger partial charge is 0.310 e. The average Bonchev–Trinajstić information content (AvgIpc) is 2.68. The molecule has 17 heavy (non-hydrogen) atoms. The summed E-state index contributed by atoms with van der Waals surface area (Å²) in [5.41, 5.74) is 0. The van der Waals surface area contributed by atoms with Crippen LogP contribution in [-0.2, 0) is 14.3 Å². The van der Waals surface area contributed by atoms with E-state index in [1.54, 1.807) is 19.0 Å². The van der Waals surface area contributed by atoms with Gasteiger partial charge in [-0.25, -0.2) is 0 Å². The van der Waals surface area contributed by atoms with Crippen molar-refractivity contribution in [3.8, 4) is 0 Å². The molecule has 0 bridgehead atoms. The zero-order valence-electron chi connectivity index (χ0n) is 11.3. The van der Waals surface area contributed by atoms with Gasteiger partial charge in [0.25, 0.3) is 0 Å². The maximum Gasteiger partial charge on any atom is 0.310 e. The number of likely N-dealkylation sites (tertiary alicyclic amines) is 1. The summed E-state index contributed by atoms with van der Waals surface area (Å²) >= 11 is 0. The van der Waals surface area contributed by atoms with Crippen molar-refractivity contribution in [3.63, 3.8) is 0 Å². The van der Waals surface area contributed by atoms with E-state index in [9.17, 15) is 9.59 Å². The molecule has 1 saturated heterocycles. The number of rotatable bonds is 3. The number of carbonyl (C=O) groups is 2. The molecule has 0 aliphatic carbocycles. The maximum atomic E-state index is 11.9. The predicted molar refractivity (Wildman–Crippen MR) is 64.4 cm³/mol. The topological polar surface area (TPSA) is 49.9 Å². The largest absolute Gasteiger partial charge is 0.469 e. The van der Waals surface area contributed by atoms with Crippen LogP contribution in [0.15, 0.2) is 0 Å². The molecule has 1 aliphatic rings. The summed E-state index contributed by atoms with van der Waals surface area (Å²) in [5.74, 6) is 0.0180. The van der Waals surface area contributed by atoms with Crippen molar-refractivity contribution in [2.75, 3.05) is 34.3 Å². The van der Waals surface area contributed by atoms with Crippen LogP contribution in [0.4, 0.5) is 0 Å². The van der Waals surface area contributed by atoms with Gasteiger partial charge in [0.05, 0.1) is 19.1 Å². The lowest BCUT2D eigenvalue weighted by molar-refractivity contribution is -0.146. The Kier molecular flexibility index (Phi) is 4.51. The van der Waals surface area contributed by atoms with Crippen molar-refractivity contribution in [1.82, 2.24) is 9.80 Å². The van der Waals surface area contributed by atoms with Crippen LogP contribution in [0.5, 0.6) is 0 Å². The molecule has 5 heteroatoms. The molecule has 3 unspecified atom stereocenters. The fourth-order valence-electron chi connectivity index (χ4n) is 2.31. The van der Waals surface area contributed by atoms with Crippen molar-refractivity contribution in [2.24, 2.45) is 11.8 Å². The minimum absolute atomic E-state index is 0.0720. The second kappa shape index (κ2) is 5.49.